The van der Waals surface area contributed by atoms with Crippen molar-refractivity contribution in [2.75, 3.05) is 32.7 Å². The van der Waals surface area contributed by atoms with Gasteiger partial charge in [0.1, 0.15) is 0 Å². The number of hydrogen-bond donors (Lipinski definition) is 1. The van der Waals surface area contributed by atoms with E-state index in [-0.39, 0.29) is 12.1 Å². The van der Waals surface area contributed by atoms with Gasteiger partial charge in [0.25, 0.3) is 0 Å². The molecule has 6 nitrogen and oxygen atoms in total. The summed E-state index contributed by atoms with van der Waals surface area (Å²) in [5.74, 6) is 1.33. The van der Waals surface area contributed by atoms with Crippen LogP contribution in [0.5, 0.6) is 0 Å². The quantitative estimate of drug-likeness (QED) is 0.867. The lowest BCUT2D eigenvalue weighted by molar-refractivity contribution is -0.132. The van der Waals surface area contributed by atoms with Crippen LogP contribution in [0.25, 0.3) is 11.0 Å². The van der Waals surface area contributed by atoms with Crippen molar-refractivity contribution >= 4 is 16.9 Å². The number of aromatic nitrogens is 2. The van der Waals surface area contributed by atoms with Crippen molar-refractivity contribution in [2.24, 2.45) is 11.8 Å². The average Bonchev–Trinajstić information content (AvgIpc) is 3.19. The van der Waals surface area contributed by atoms with Gasteiger partial charge in [-0.2, -0.15) is 0 Å². The maximum atomic E-state index is 12.8. The van der Waals surface area contributed by atoms with Gasteiger partial charge in [-0.1, -0.05) is 25.0 Å². The molecule has 6 heteroatoms. The molecule has 1 aromatic heterocycles. The molecule has 156 valence electrons. The third-order valence-electron chi connectivity index (χ3n) is 7.34. The van der Waals surface area contributed by atoms with Crippen LogP contribution in [0.2, 0.25) is 0 Å². The number of imidazole rings is 1. The molecule has 4 atom stereocenters. The summed E-state index contributed by atoms with van der Waals surface area (Å²) < 4.78 is 2.17. The monoisotopic (exact) mass is 396 g/mol. The van der Waals surface area contributed by atoms with Gasteiger partial charge in [0.15, 0.2) is 0 Å². The average molecular weight is 397 g/mol. The summed E-state index contributed by atoms with van der Waals surface area (Å²) in [6, 6.07) is 8.22. The molecule has 2 aliphatic heterocycles. The molecule has 3 fully saturated rings. The Morgan fingerprint density at radius 1 is 1.03 bits per heavy atom. The number of aliphatic hydroxyl groups is 1. The van der Waals surface area contributed by atoms with E-state index < -0.39 is 0 Å². The highest BCUT2D eigenvalue weighted by Crippen LogP contribution is 2.42. The number of carbonyl (C=O) groups excluding carboxylic acids is 1. The molecule has 29 heavy (non-hydrogen) atoms. The third kappa shape index (κ3) is 3.80. The van der Waals surface area contributed by atoms with E-state index in [1.807, 2.05) is 24.5 Å². The Morgan fingerprint density at radius 3 is 2.55 bits per heavy atom. The van der Waals surface area contributed by atoms with Gasteiger partial charge in [-0.25, -0.2) is 4.98 Å². The lowest BCUT2D eigenvalue weighted by Gasteiger charge is -2.36. The molecule has 0 bridgehead atoms. The predicted octanol–water partition coefficient (Wildman–Crippen LogP) is 2.68. The maximum absolute atomic E-state index is 12.8. The number of fused-ring (bicyclic) bond motifs is 2. The van der Waals surface area contributed by atoms with Crippen molar-refractivity contribution in [3.63, 3.8) is 0 Å². The van der Waals surface area contributed by atoms with Gasteiger partial charge in [0.2, 0.25) is 5.91 Å². The lowest BCUT2D eigenvalue weighted by Crippen LogP contribution is -2.40. The van der Waals surface area contributed by atoms with E-state index in [0.717, 1.165) is 62.9 Å². The van der Waals surface area contributed by atoms with Crippen LogP contribution in [0, 0.1) is 11.8 Å². The molecule has 0 unspecified atom stereocenters. The summed E-state index contributed by atoms with van der Waals surface area (Å²) in [7, 11) is 0. The second-order valence-corrected chi connectivity index (χ2v) is 9.26. The van der Waals surface area contributed by atoms with Crippen LogP contribution in [-0.4, -0.2) is 69.2 Å². The van der Waals surface area contributed by atoms with E-state index in [9.17, 15) is 9.90 Å². The Morgan fingerprint density at radius 2 is 1.76 bits per heavy atom. The number of nitrogens with zero attached hydrogens (tertiary/aromatic N) is 4. The van der Waals surface area contributed by atoms with Gasteiger partial charge in [-0.3, -0.25) is 9.69 Å². The summed E-state index contributed by atoms with van der Waals surface area (Å²) >= 11 is 0. The summed E-state index contributed by atoms with van der Waals surface area (Å²) in [5, 5.41) is 10.9. The van der Waals surface area contributed by atoms with Crippen LogP contribution in [0.15, 0.2) is 30.6 Å². The number of para-hydroxylation sites is 2. The fourth-order valence-electron chi connectivity index (χ4n) is 5.79. The number of amides is 1. The molecule has 3 heterocycles. The van der Waals surface area contributed by atoms with E-state index in [4.69, 9.17) is 0 Å². The zero-order chi connectivity index (χ0) is 19.8. The molecule has 2 saturated heterocycles. The number of rotatable bonds is 3. The van der Waals surface area contributed by atoms with Gasteiger partial charge in [0.05, 0.1) is 36.1 Å². The number of hydrogen-bond acceptors (Lipinski definition) is 4. The minimum absolute atomic E-state index is 0.0740. The Balaban J connectivity index is 1.24. The summed E-state index contributed by atoms with van der Waals surface area (Å²) in [4.78, 5) is 21.7. The Hall–Kier alpha value is -1.92. The number of likely N-dealkylation sites (tertiary alicyclic amines) is 2. The van der Waals surface area contributed by atoms with Crippen LogP contribution < -0.4 is 0 Å². The minimum atomic E-state index is -0.352. The largest absolute Gasteiger partial charge is 0.391 e. The van der Waals surface area contributed by atoms with Crippen molar-refractivity contribution in [3.8, 4) is 0 Å². The molecule has 1 amide bonds. The predicted molar refractivity (Wildman–Crippen MR) is 112 cm³/mol. The van der Waals surface area contributed by atoms with Gasteiger partial charge >= 0.3 is 0 Å². The molecule has 1 N–H and O–H groups in total. The van der Waals surface area contributed by atoms with Gasteiger partial charge in [0, 0.05) is 26.2 Å². The first kappa shape index (κ1) is 19.1. The topological polar surface area (TPSA) is 61.6 Å². The van der Waals surface area contributed by atoms with E-state index in [2.05, 4.69) is 25.4 Å². The first-order chi connectivity index (χ1) is 14.2. The van der Waals surface area contributed by atoms with Crippen LogP contribution in [-0.2, 0) is 4.79 Å². The Labute approximate surface area is 172 Å². The van der Waals surface area contributed by atoms with Gasteiger partial charge < -0.3 is 14.6 Å². The number of carbonyl (C=O) groups is 1. The van der Waals surface area contributed by atoms with Crippen molar-refractivity contribution in [2.45, 2.75) is 50.7 Å². The molecule has 2 aromatic rings. The fraction of sp³-hybridized carbons (Fsp3) is 0.652. The summed E-state index contributed by atoms with van der Waals surface area (Å²) in [6.45, 7) is 4.31. The van der Waals surface area contributed by atoms with Gasteiger partial charge in [-0.05, 0) is 49.7 Å². The summed E-state index contributed by atoms with van der Waals surface area (Å²) in [5.41, 5.74) is 2.08. The van der Waals surface area contributed by atoms with E-state index in [1.165, 1.54) is 12.8 Å². The molecule has 0 spiro atoms. The highest BCUT2D eigenvalue weighted by molar-refractivity contribution is 5.78. The Kier molecular flexibility index (Phi) is 5.31. The lowest BCUT2D eigenvalue weighted by atomic mass is 9.77. The van der Waals surface area contributed by atoms with Crippen molar-refractivity contribution < 1.29 is 9.90 Å². The smallest absolute Gasteiger partial charge is 0.236 e. The molecule has 3 aliphatic rings. The molecule has 5 rings (SSSR count). The van der Waals surface area contributed by atoms with Crippen LogP contribution in [0.3, 0.4) is 0 Å². The first-order valence-corrected chi connectivity index (χ1v) is 11.3. The highest BCUT2D eigenvalue weighted by atomic mass is 16.3. The molecule has 0 radical (unpaired) electrons. The van der Waals surface area contributed by atoms with E-state index >= 15 is 0 Å². The molecule has 1 saturated carbocycles. The standard InChI is InChI=1S/C23H32N4O2/c28-22-12-18-14-25(15-23(29)26-9-5-1-2-6-10-26)13-17(18)11-21(22)27-16-24-19-7-3-4-8-20(19)27/h3-4,7-8,16-18,21-22,28H,1-2,5-6,9-15H2/t17-,18+,21-,22-/m1/s1. The molecular weight excluding hydrogens is 364 g/mol. The zero-order valence-corrected chi connectivity index (χ0v) is 17.1. The second-order valence-electron chi connectivity index (χ2n) is 9.26. The third-order valence-corrected chi connectivity index (χ3v) is 7.34. The number of aliphatic hydroxyl groups excluding tert-OH is 1. The number of benzene rings is 1. The molecule has 1 aliphatic carbocycles. The first-order valence-electron chi connectivity index (χ1n) is 11.3. The van der Waals surface area contributed by atoms with E-state index in [0.29, 0.717) is 24.3 Å². The normalized spacial score (nSPS) is 31.0. The van der Waals surface area contributed by atoms with Crippen molar-refractivity contribution in [3.05, 3.63) is 30.6 Å². The van der Waals surface area contributed by atoms with Crippen LogP contribution in [0.4, 0.5) is 0 Å². The zero-order valence-electron chi connectivity index (χ0n) is 17.1. The second kappa shape index (κ2) is 8.07. The van der Waals surface area contributed by atoms with Gasteiger partial charge in [-0.15, -0.1) is 0 Å². The minimum Gasteiger partial charge on any atom is -0.391 e. The summed E-state index contributed by atoms with van der Waals surface area (Å²) in [6.07, 6.45) is 8.09. The highest BCUT2D eigenvalue weighted by Gasteiger charge is 2.43. The Bertz CT molecular complexity index is 857. The fourth-order valence-corrected chi connectivity index (χ4v) is 5.79. The van der Waals surface area contributed by atoms with Crippen molar-refractivity contribution in [1.82, 2.24) is 19.4 Å². The van der Waals surface area contributed by atoms with Crippen molar-refractivity contribution in [1.29, 1.82) is 0 Å². The van der Waals surface area contributed by atoms with E-state index in [1.54, 1.807) is 0 Å². The molecule has 1 aromatic carbocycles. The molecular formula is C23H32N4O2. The maximum Gasteiger partial charge on any atom is 0.236 e. The SMILES string of the molecule is O=C(CN1C[C@H]2C[C@@H](n3cnc4ccccc43)[C@H](O)C[C@H]2C1)N1CCCCCC1. The van der Waals surface area contributed by atoms with Crippen LogP contribution >= 0.6 is 0 Å². The van der Waals surface area contributed by atoms with Crippen LogP contribution in [0.1, 0.15) is 44.6 Å².